The lowest BCUT2D eigenvalue weighted by molar-refractivity contribution is -0.133. The van der Waals surface area contributed by atoms with Crippen molar-refractivity contribution in [1.82, 2.24) is 14.8 Å². The van der Waals surface area contributed by atoms with Crippen LogP contribution in [0.1, 0.15) is 36.4 Å². The van der Waals surface area contributed by atoms with Crippen molar-refractivity contribution in [3.63, 3.8) is 0 Å². The maximum atomic E-state index is 12.4. The van der Waals surface area contributed by atoms with Gasteiger partial charge in [0.2, 0.25) is 5.91 Å². The minimum Gasteiger partial charge on any atom is -0.389 e. The number of thiazole rings is 1. The van der Waals surface area contributed by atoms with E-state index in [0.717, 1.165) is 36.6 Å². The lowest BCUT2D eigenvalue weighted by Crippen LogP contribution is -2.48. The van der Waals surface area contributed by atoms with Crippen molar-refractivity contribution < 1.29 is 9.90 Å². The zero-order chi connectivity index (χ0) is 15.7. The summed E-state index contributed by atoms with van der Waals surface area (Å²) in [6, 6.07) is 0.169. The van der Waals surface area contributed by atoms with Crippen LogP contribution in [0.25, 0.3) is 0 Å². The number of amides is 1. The quantitative estimate of drug-likeness (QED) is 0.911. The van der Waals surface area contributed by atoms with Crippen LogP contribution < -0.4 is 0 Å². The molecule has 1 amide bonds. The molecule has 1 aliphatic heterocycles. The Hall–Kier alpha value is -0.980. The molecule has 2 heterocycles. The van der Waals surface area contributed by atoms with Gasteiger partial charge in [-0.1, -0.05) is 0 Å². The molecule has 1 aromatic heterocycles. The fourth-order valence-corrected chi connectivity index (χ4v) is 4.40. The molecular weight excluding hydrogens is 298 g/mol. The van der Waals surface area contributed by atoms with E-state index < -0.39 is 6.10 Å². The molecule has 1 saturated carbocycles. The molecular formula is C16H25N3O2S. The van der Waals surface area contributed by atoms with Crippen molar-refractivity contribution in [2.45, 2.75) is 57.2 Å². The molecule has 1 aromatic rings. The lowest BCUT2D eigenvalue weighted by atomic mass is 10.1. The lowest BCUT2D eigenvalue weighted by Gasteiger charge is -2.32. The largest absolute Gasteiger partial charge is 0.389 e. The molecule has 1 saturated heterocycles. The second-order valence-electron chi connectivity index (χ2n) is 6.48. The molecule has 2 fully saturated rings. The summed E-state index contributed by atoms with van der Waals surface area (Å²) < 4.78 is 0. The predicted octanol–water partition coefficient (Wildman–Crippen LogP) is 1.44. The molecule has 3 rings (SSSR count). The summed E-state index contributed by atoms with van der Waals surface area (Å²) in [5, 5.41) is 13.6. The Labute approximate surface area is 135 Å². The van der Waals surface area contributed by atoms with E-state index in [4.69, 9.17) is 0 Å². The number of likely N-dealkylation sites (tertiary alicyclic amines) is 1. The summed E-state index contributed by atoms with van der Waals surface area (Å²) in [6.07, 6.45) is 4.24. The molecule has 1 aliphatic carbocycles. The van der Waals surface area contributed by atoms with E-state index in [1.54, 1.807) is 16.2 Å². The Morgan fingerprint density at radius 1 is 1.45 bits per heavy atom. The molecule has 0 aromatic carbocycles. The first-order valence-corrected chi connectivity index (χ1v) is 9.03. The summed E-state index contributed by atoms with van der Waals surface area (Å²) in [5.74, 6) is 0.0522. The molecule has 0 unspecified atom stereocenters. The topological polar surface area (TPSA) is 56.7 Å². The normalized spacial score (nSPS) is 29.1. The fourth-order valence-electron chi connectivity index (χ4n) is 3.79. The van der Waals surface area contributed by atoms with Crippen LogP contribution in [0.3, 0.4) is 0 Å². The fraction of sp³-hybridized carbons (Fsp3) is 0.750. The highest BCUT2D eigenvalue weighted by molar-refractivity contribution is 7.09. The summed E-state index contributed by atoms with van der Waals surface area (Å²) >= 11 is 1.57. The predicted molar refractivity (Wildman–Crippen MR) is 86.9 cm³/mol. The van der Waals surface area contributed by atoms with Crippen LogP contribution in [0.5, 0.6) is 0 Å². The van der Waals surface area contributed by atoms with E-state index in [1.165, 1.54) is 12.8 Å². The average molecular weight is 323 g/mol. The molecule has 3 atom stereocenters. The summed E-state index contributed by atoms with van der Waals surface area (Å²) in [7, 11) is 1.82. The van der Waals surface area contributed by atoms with Gasteiger partial charge in [-0.25, -0.2) is 4.98 Å². The van der Waals surface area contributed by atoms with E-state index in [0.29, 0.717) is 6.42 Å². The van der Waals surface area contributed by atoms with Gasteiger partial charge in [0.1, 0.15) is 0 Å². The third-order valence-electron chi connectivity index (χ3n) is 5.05. The van der Waals surface area contributed by atoms with Gasteiger partial charge in [-0.2, -0.15) is 0 Å². The smallest absolute Gasteiger partial charge is 0.228 e. The SMILES string of the molecule is Cc1nc(CC(=O)N(C)[C@@H]2CC[C@@H](N3CCCC3)[C@@H]2O)cs1. The van der Waals surface area contributed by atoms with Gasteiger partial charge < -0.3 is 10.0 Å². The zero-order valence-electron chi connectivity index (χ0n) is 13.4. The highest BCUT2D eigenvalue weighted by Crippen LogP contribution is 2.30. The third kappa shape index (κ3) is 3.19. The highest BCUT2D eigenvalue weighted by Gasteiger charge is 2.41. The maximum Gasteiger partial charge on any atom is 0.228 e. The Kier molecular flexibility index (Phi) is 4.80. The van der Waals surface area contributed by atoms with Crippen LogP contribution in [0.2, 0.25) is 0 Å². The second kappa shape index (κ2) is 6.64. The standard InChI is InChI=1S/C16H25N3O2S/c1-11-17-12(10-22-11)9-15(20)18(2)13-5-6-14(16(13)21)19-7-3-4-8-19/h10,13-14,16,21H,3-9H2,1-2H3/t13-,14-,16-/m1/s1. The van der Waals surface area contributed by atoms with Crippen molar-refractivity contribution in [1.29, 1.82) is 0 Å². The van der Waals surface area contributed by atoms with Crippen LogP contribution in [0, 0.1) is 6.92 Å². The Balaban J connectivity index is 1.59. The van der Waals surface area contributed by atoms with Gasteiger partial charge in [-0.05, 0) is 45.7 Å². The van der Waals surface area contributed by atoms with Crippen molar-refractivity contribution >= 4 is 17.2 Å². The molecule has 6 heteroatoms. The average Bonchev–Trinajstić information content (AvgIpc) is 3.19. The monoisotopic (exact) mass is 323 g/mol. The van der Waals surface area contributed by atoms with Crippen LogP contribution in [-0.4, -0.2) is 64.1 Å². The highest BCUT2D eigenvalue weighted by atomic mass is 32.1. The number of likely N-dealkylation sites (N-methyl/N-ethyl adjacent to an activating group) is 1. The molecule has 0 radical (unpaired) electrons. The van der Waals surface area contributed by atoms with Crippen molar-refractivity contribution in [2.24, 2.45) is 0 Å². The molecule has 5 nitrogen and oxygen atoms in total. The number of aliphatic hydroxyl groups excluding tert-OH is 1. The number of carbonyl (C=O) groups excluding carboxylic acids is 1. The van der Waals surface area contributed by atoms with Crippen molar-refractivity contribution in [2.75, 3.05) is 20.1 Å². The molecule has 2 aliphatic rings. The van der Waals surface area contributed by atoms with Crippen LogP contribution in [0.4, 0.5) is 0 Å². The van der Waals surface area contributed by atoms with Gasteiger partial charge in [0.15, 0.2) is 0 Å². The Bertz CT molecular complexity index is 527. The first kappa shape index (κ1) is 15.9. The molecule has 0 spiro atoms. The summed E-state index contributed by atoms with van der Waals surface area (Å²) in [6.45, 7) is 4.12. The van der Waals surface area contributed by atoms with Gasteiger partial charge in [0.05, 0.1) is 29.3 Å². The molecule has 22 heavy (non-hydrogen) atoms. The van der Waals surface area contributed by atoms with Crippen molar-refractivity contribution in [3.05, 3.63) is 16.1 Å². The Morgan fingerprint density at radius 3 is 2.82 bits per heavy atom. The molecule has 0 bridgehead atoms. The van der Waals surface area contributed by atoms with E-state index in [-0.39, 0.29) is 18.0 Å². The number of aryl methyl sites for hydroxylation is 1. The number of aliphatic hydroxyl groups is 1. The van der Waals surface area contributed by atoms with Gasteiger partial charge in [0.25, 0.3) is 0 Å². The minimum atomic E-state index is -0.427. The van der Waals surface area contributed by atoms with E-state index in [9.17, 15) is 9.90 Å². The first-order valence-electron chi connectivity index (χ1n) is 8.15. The second-order valence-corrected chi connectivity index (χ2v) is 7.55. The molecule has 1 N–H and O–H groups in total. The van der Waals surface area contributed by atoms with Gasteiger partial charge in [-0.3, -0.25) is 9.69 Å². The van der Waals surface area contributed by atoms with Crippen molar-refractivity contribution in [3.8, 4) is 0 Å². The number of rotatable bonds is 4. The van der Waals surface area contributed by atoms with Gasteiger partial charge >= 0.3 is 0 Å². The first-order chi connectivity index (χ1) is 10.6. The Morgan fingerprint density at radius 2 is 2.18 bits per heavy atom. The minimum absolute atomic E-state index is 0.0522. The summed E-state index contributed by atoms with van der Waals surface area (Å²) in [4.78, 5) is 20.9. The van der Waals surface area contributed by atoms with Gasteiger partial charge in [-0.15, -0.1) is 11.3 Å². The number of hydrogen-bond donors (Lipinski definition) is 1. The number of hydrogen-bond acceptors (Lipinski definition) is 5. The zero-order valence-corrected chi connectivity index (χ0v) is 14.2. The maximum absolute atomic E-state index is 12.4. The van der Waals surface area contributed by atoms with Crippen LogP contribution in [-0.2, 0) is 11.2 Å². The summed E-state index contributed by atoms with van der Waals surface area (Å²) in [5.41, 5.74) is 0.836. The number of aromatic nitrogens is 1. The third-order valence-corrected chi connectivity index (χ3v) is 5.87. The molecule has 122 valence electrons. The van der Waals surface area contributed by atoms with E-state index in [2.05, 4.69) is 9.88 Å². The number of carbonyl (C=O) groups is 1. The van der Waals surface area contributed by atoms with Crippen LogP contribution >= 0.6 is 11.3 Å². The van der Waals surface area contributed by atoms with E-state index >= 15 is 0 Å². The number of nitrogens with zero attached hydrogens (tertiary/aromatic N) is 3. The van der Waals surface area contributed by atoms with E-state index in [1.807, 2.05) is 19.4 Å². The van der Waals surface area contributed by atoms with Crippen LogP contribution in [0.15, 0.2) is 5.38 Å². The van der Waals surface area contributed by atoms with Gasteiger partial charge in [0, 0.05) is 18.5 Å².